The highest BCUT2D eigenvalue weighted by Crippen LogP contribution is 2.36. The number of fused-ring (bicyclic) bond motifs is 1. The average Bonchev–Trinajstić information content (AvgIpc) is 3.30. The summed E-state index contributed by atoms with van der Waals surface area (Å²) in [6.07, 6.45) is 1.73. The van der Waals surface area contributed by atoms with Crippen LogP contribution >= 0.6 is 22.6 Å². The summed E-state index contributed by atoms with van der Waals surface area (Å²) in [6.45, 7) is 2.41. The van der Waals surface area contributed by atoms with Gasteiger partial charge in [0.1, 0.15) is 24.3 Å². The lowest BCUT2D eigenvalue weighted by Gasteiger charge is -2.15. The van der Waals surface area contributed by atoms with Gasteiger partial charge in [0, 0.05) is 18.2 Å². The quantitative estimate of drug-likeness (QED) is 0.107. The summed E-state index contributed by atoms with van der Waals surface area (Å²) < 4.78 is 17.8. The number of methoxy groups -OCH3 is 1. The van der Waals surface area contributed by atoms with E-state index in [1.54, 1.807) is 31.4 Å². The molecule has 9 nitrogen and oxygen atoms in total. The Morgan fingerprint density at radius 1 is 1.22 bits per heavy atom. The van der Waals surface area contributed by atoms with Crippen molar-refractivity contribution in [2.24, 2.45) is 0 Å². The molecule has 0 bridgehead atoms. The van der Waals surface area contributed by atoms with Crippen LogP contribution in [0.4, 0.5) is 5.69 Å². The Morgan fingerprint density at radius 2 is 2.06 bits per heavy atom. The maximum absolute atomic E-state index is 11.1. The minimum atomic E-state index is -0.439. The minimum absolute atomic E-state index is 0.00405. The first-order chi connectivity index (χ1) is 17.4. The van der Waals surface area contributed by atoms with Gasteiger partial charge in [-0.3, -0.25) is 10.1 Å². The molecule has 1 N–H and O–H groups in total. The summed E-state index contributed by atoms with van der Waals surface area (Å²) in [5, 5.41) is 20.9. The maximum atomic E-state index is 11.1. The summed E-state index contributed by atoms with van der Waals surface area (Å²) in [7, 11) is 1.59. The van der Waals surface area contributed by atoms with Gasteiger partial charge in [-0.15, -0.1) is 0 Å². The molecule has 4 aromatic rings. The average molecular weight is 596 g/mol. The zero-order valence-electron chi connectivity index (χ0n) is 19.4. The predicted octanol–water partition coefficient (Wildman–Crippen LogP) is 6.13. The molecule has 0 amide bonds. The molecule has 0 aliphatic rings. The van der Waals surface area contributed by atoms with Crippen LogP contribution < -0.4 is 14.2 Å². The number of nitro benzene ring substituents is 1. The van der Waals surface area contributed by atoms with Gasteiger partial charge in [-0.05, 0) is 71.0 Å². The summed E-state index contributed by atoms with van der Waals surface area (Å²) in [5.41, 5.74) is 3.25. The number of imidazole rings is 1. The number of aromatic nitrogens is 2. The summed E-state index contributed by atoms with van der Waals surface area (Å²) in [5.74, 6) is 2.17. The van der Waals surface area contributed by atoms with Gasteiger partial charge in [-0.25, -0.2) is 4.98 Å². The normalized spacial score (nSPS) is 11.2. The SMILES string of the molecule is CCOc1cc(/C=C(/C#N)c2nc3ccc(OC)cc3[nH]2)cc(I)c1OCc1cccc([N+](=O)[O-])c1. The molecule has 1 aromatic heterocycles. The molecule has 0 aliphatic heterocycles. The number of non-ortho nitro benzene ring substituents is 1. The van der Waals surface area contributed by atoms with Crippen LogP contribution in [0.2, 0.25) is 0 Å². The van der Waals surface area contributed by atoms with E-state index < -0.39 is 4.92 Å². The predicted molar refractivity (Wildman–Crippen MR) is 144 cm³/mol. The fraction of sp³-hybridized carbons (Fsp3) is 0.154. The number of aromatic amines is 1. The second kappa shape index (κ2) is 11.1. The third-order valence-electron chi connectivity index (χ3n) is 5.21. The van der Waals surface area contributed by atoms with Crippen molar-refractivity contribution in [1.29, 1.82) is 5.26 Å². The van der Waals surface area contributed by atoms with Crippen molar-refractivity contribution in [1.82, 2.24) is 9.97 Å². The lowest BCUT2D eigenvalue weighted by atomic mass is 10.1. The Labute approximate surface area is 220 Å². The highest BCUT2D eigenvalue weighted by Gasteiger charge is 2.15. The molecule has 0 atom stereocenters. The second-order valence-corrected chi connectivity index (χ2v) is 8.78. The van der Waals surface area contributed by atoms with Crippen LogP contribution in [-0.2, 0) is 6.61 Å². The summed E-state index contributed by atoms with van der Waals surface area (Å²) >= 11 is 2.14. The molecule has 1 heterocycles. The molecular weight excluding hydrogens is 575 g/mol. The van der Waals surface area contributed by atoms with Crippen molar-refractivity contribution in [2.75, 3.05) is 13.7 Å². The largest absolute Gasteiger partial charge is 0.497 e. The van der Waals surface area contributed by atoms with E-state index in [4.69, 9.17) is 14.2 Å². The fourth-order valence-electron chi connectivity index (χ4n) is 3.55. The highest BCUT2D eigenvalue weighted by atomic mass is 127. The van der Waals surface area contributed by atoms with Crippen LogP contribution in [0.3, 0.4) is 0 Å². The Bertz CT molecular complexity index is 1510. The van der Waals surface area contributed by atoms with Crippen molar-refractivity contribution >= 4 is 51.0 Å². The molecule has 0 unspecified atom stereocenters. The second-order valence-electron chi connectivity index (χ2n) is 7.62. The third-order valence-corrected chi connectivity index (χ3v) is 6.01. The number of rotatable bonds is 9. The molecule has 0 radical (unpaired) electrons. The fourth-order valence-corrected chi connectivity index (χ4v) is 4.33. The monoisotopic (exact) mass is 596 g/mol. The van der Waals surface area contributed by atoms with Gasteiger partial charge in [-0.2, -0.15) is 5.26 Å². The van der Waals surface area contributed by atoms with E-state index in [2.05, 4.69) is 38.6 Å². The van der Waals surface area contributed by atoms with Gasteiger partial charge in [-0.1, -0.05) is 12.1 Å². The number of nitro groups is 1. The molecule has 36 heavy (non-hydrogen) atoms. The number of halogens is 1. The van der Waals surface area contributed by atoms with Crippen LogP contribution in [0.5, 0.6) is 17.2 Å². The number of ether oxygens (including phenoxy) is 3. The molecule has 10 heteroatoms. The smallest absolute Gasteiger partial charge is 0.269 e. The number of hydrogen-bond donors (Lipinski definition) is 1. The van der Waals surface area contributed by atoms with E-state index in [-0.39, 0.29) is 12.3 Å². The number of nitrogens with zero attached hydrogens (tertiary/aromatic N) is 3. The maximum Gasteiger partial charge on any atom is 0.269 e. The van der Waals surface area contributed by atoms with Crippen molar-refractivity contribution in [3.8, 4) is 23.3 Å². The minimum Gasteiger partial charge on any atom is -0.497 e. The van der Waals surface area contributed by atoms with Crippen LogP contribution in [0.25, 0.3) is 22.7 Å². The van der Waals surface area contributed by atoms with Gasteiger partial charge in [0.05, 0.1) is 38.8 Å². The number of nitriles is 1. The molecule has 0 saturated heterocycles. The molecule has 0 saturated carbocycles. The number of benzene rings is 3. The van der Waals surface area contributed by atoms with Gasteiger partial charge < -0.3 is 19.2 Å². The van der Waals surface area contributed by atoms with Gasteiger partial charge >= 0.3 is 0 Å². The van der Waals surface area contributed by atoms with Crippen LogP contribution in [0.1, 0.15) is 23.9 Å². The van der Waals surface area contributed by atoms with Gasteiger partial charge in [0.15, 0.2) is 11.5 Å². The summed E-state index contributed by atoms with van der Waals surface area (Å²) in [6, 6.07) is 17.6. The van der Waals surface area contributed by atoms with Crippen LogP contribution in [0, 0.1) is 25.0 Å². The highest BCUT2D eigenvalue weighted by molar-refractivity contribution is 14.1. The number of hydrogen-bond acceptors (Lipinski definition) is 7. The van der Waals surface area contributed by atoms with E-state index >= 15 is 0 Å². The summed E-state index contributed by atoms with van der Waals surface area (Å²) in [4.78, 5) is 18.3. The van der Waals surface area contributed by atoms with E-state index in [0.29, 0.717) is 40.8 Å². The lowest BCUT2D eigenvalue weighted by molar-refractivity contribution is -0.384. The van der Waals surface area contributed by atoms with E-state index in [1.165, 1.54) is 12.1 Å². The Morgan fingerprint density at radius 3 is 2.78 bits per heavy atom. The van der Waals surface area contributed by atoms with E-state index in [9.17, 15) is 15.4 Å². The number of nitrogens with one attached hydrogen (secondary N) is 1. The van der Waals surface area contributed by atoms with Gasteiger partial charge in [0.2, 0.25) is 0 Å². The molecule has 0 fully saturated rings. The standard InChI is InChI=1S/C26H21IN4O5/c1-3-35-24-12-17(9-18(14-28)26-29-22-8-7-20(34-2)13-23(22)30-26)11-21(27)25(24)36-15-16-5-4-6-19(10-16)31(32)33/h4-13H,3,15H2,1-2H3,(H,29,30)/b18-9-. The topological polar surface area (TPSA) is 123 Å². The van der Waals surface area contributed by atoms with Crippen molar-refractivity contribution in [2.45, 2.75) is 13.5 Å². The van der Waals surface area contributed by atoms with Gasteiger partial charge in [0.25, 0.3) is 5.69 Å². The van der Waals surface area contributed by atoms with Crippen LogP contribution in [0.15, 0.2) is 54.6 Å². The Kier molecular flexibility index (Phi) is 7.70. The molecule has 182 valence electrons. The molecule has 0 spiro atoms. The number of allylic oxidation sites excluding steroid dienone is 1. The molecular formula is C26H21IN4O5. The zero-order valence-corrected chi connectivity index (χ0v) is 21.6. The van der Waals surface area contributed by atoms with E-state index in [1.807, 2.05) is 31.2 Å². The molecule has 3 aromatic carbocycles. The van der Waals surface area contributed by atoms with Crippen LogP contribution in [-0.4, -0.2) is 28.6 Å². The molecule has 0 aliphatic carbocycles. The first-order valence-corrected chi connectivity index (χ1v) is 12.0. The Balaban J connectivity index is 1.64. The number of H-pyrrole nitrogens is 1. The zero-order chi connectivity index (χ0) is 25.7. The first-order valence-electron chi connectivity index (χ1n) is 10.9. The third kappa shape index (κ3) is 5.58. The van der Waals surface area contributed by atoms with Crippen molar-refractivity contribution < 1.29 is 19.1 Å². The van der Waals surface area contributed by atoms with E-state index in [0.717, 1.165) is 20.2 Å². The lowest BCUT2D eigenvalue weighted by Crippen LogP contribution is -2.02. The van der Waals surface area contributed by atoms with Crippen molar-refractivity contribution in [3.05, 3.63) is 85.2 Å². The molecule has 4 rings (SSSR count). The van der Waals surface area contributed by atoms with Crippen molar-refractivity contribution in [3.63, 3.8) is 0 Å². The first kappa shape index (κ1) is 25.0. The Hall–Kier alpha value is -4.11.